The summed E-state index contributed by atoms with van der Waals surface area (Å²) in [6, 6.07) is 11.5. The van der Waals surface area contributed by atoms with Crippen LogP contribution in [0.1, 0.15) is 25.3 Å². The van der Waals surface area contributed by atoms with Gasteiger partial charge in [0.25, 0.3) is 0 Å². The van der Waals surface area contributed by atoms with Gasteiger partial charge in [-0.3, -0.25) is 5.32 Å². The molecule has 1 saturated heterocycles. The van der Waals surface area contributed by atoms with Gasteiger partial charge < -0.3 is 15.0 Å². The third-order valence-electron chi connectivity index (χ3n) is 4.49. The van der Waals surface area contributed by atoms with Crippen molar-refractivity contribution in [3.63, 3.8) is 0 Å². The van der Waals surface area contributed by atoms with Crippen LogP contribution >= 0.6 is 0 Å². The molecule has 144 valence electrons. The van der Waals surface area contributed by atoms with Gasteiger partial charge in [-0.2, -0.15) is 5.10 Å². The average Bonchev–Trinajstić information content (AvgIpc) is 3.10. The summed E-state index contributed by atoms with van der Waals surface area (Å²) in [5.74, 6) is 0.639. The molecule has 0 unspecified atom stereocenters. The molecule has 3 amide bonds. The van der Waals surface area contributed by atoms with Crippen molar-refractivity contribution >= 4 is 17.9 Å². The summed E-state index contributed by atoms with van der Waals surface area (Å²) in [7, 11) is 0. The number of nitrogens with one attached hydrogen (secondary N) is 2. The van der Waals surface area contributed by atoms with Crippen LogP contribution in [0.5, 0.6) is 0 Å². The zero-order chi connectivity index (χ0) is 19.1. The third-order valence-corrected chi connectivity index (χ3v) is 4.49. The highest BCUT2D eigenvalue weighted by Gasteiger charge is 2.24. The lowest BCUT2D eigenvalue weighted by Gasteiger charge is -2.31. The summed E-state index contributed by atoms with van der Waals surface area (Å²) in [5, 5.41) is 10.1. The number of hydrogen-bond donors (Lipinski definition) is 2. The number of carbonyl (C=O) groups excluding carboxylic acids is 2. The number of anilines is 1. The topological polar surface area (TPSA) is 88.5 Å². The highest BCUT2D eigenvalue weighted by Crippen LogP contribution is 2.13. The van der Waals surface area contributed by atoms with Gasteiger partial charge in [-0.15, -0.1) is 0 Å². The summed E-state index contributed by atoms with van der Waals surface area (Å²) in [5.41, 5.74) is 1.11. The number of rotatable bonds is 5. The fourth-order valence-electron chi connectivity index (χ4n) is 3.08. The second-order valence-corrected chi connectivity index (χ2v) is 6.42. The lowest BCUT2D eigenvalue weighted by molar-refractivity contribution is 0.0959. The first kappa shape index (κ1) is 18.8. The van der Waals surface area contributed by atoms with E-state index < -0.39 is 0 Å². The molecule has 2 heterocycles. The van der Waals surface area contributed by atoms with Crippen molar-refractivity contribution in [2.75, 3.05) is 25.0 Å². The largest absolute Gasteiger partial charge is 0.450 e. The molecule has 1 fully saturated rings. The fraction of sp³-hybridized carbons (Fsp3) is 0.421. The predicted octanol–water partition coefficient (Wildman–Crippen LogP) is 2.67. The molecule has 2 aromatic rings. The van der Waals surface area contributed by atoms with Crippen LogP contribution in [0.15, 0.2) is 42.6 Å². The number of aromatic nitrogens is 2. The van der Waals surface area contributed by atoms with Crippen LogP contribution in [0.3, 0.4) is 0 Å². The van der Waals surface area contributed by atoms with Gasteiger partial charge in [-0.05, 0) is 25.3 Å². The summed E-state index contributed by atoms with van der Waals surface area (Å²) >= 11 is 0. The number of urea groups is 1. The van der Waals surface area contributed by atoms with Crippen molar-refractivity contribution < 1.29 is 14.3 Å². The van der Waals surface area contributed by atoms with Gasteiger partial charge >= 0.3 is 12.1 Å². The fourth-order valence-corrected chi connectivity index (χ4v) is 3.08. The zero-order valence-electron chi connectivity index (χ0n) is 15.4. The van der Waals surface area contributed by atoms with Gasteiger partial charge in [0.05, 0.1) is 19.3 Å². The van der Waals surface area contributed by atoms with Crippen LogP contribution in [0.4, 0.5) is 15.4 Å². The van der Waals surface area contributed by atoms with Crippen molar-refractivity contribution in [2.24, 2.45) is 0 Å². The van der Waals surface area contributed by atoms with Gasteiger partial charge in [-0.25, -0.2) is 14.3 Å². The molecule has 1 aromatic heterocycles. The predicted molar refractivity (Wildman–Crippen MR) is 102 cm³/mol. The molecule has 0 bridgehead atoms. The van der Waals surface area contributed by atoms with Crippen molar-refractivity contribution in [2.45, 2.75) is 32.4 Å². The Bertz CT molecular complexity index is 754. The quantitative estimate of drug-likeness (QED) is 0.846. The van der Waals surface area contributed by atoms with Gasteiger partial charge in [0.15, 0.2) is 0 Å². The zero-order valence-corrected chi connectivity index (χ0v) is 15.4. The molecular formula is C19H25N5O3. The smallest absolute Gasteiger partial charge is 0.409 e. The van der Waals surface area contributed by atoms with E-state index in [1.54, 1.807) is 28.8 Å². The molecule has 1 aliphatic rings. The minimum absolute atomic E-state index is 0.0289. The van der Waals surface area contributed by atoms with Crippen LogP contribution in [-0.2, 0) is 11.3 Å². The monoisotopic (exact) mass is 371 g/mol. The molecule has 0 spiro atoms. The summed E-state index contributed by atoms with van der Waals surface area (Å²) in [6.45, 7) is 3.90. The number of nitrogens with zero attached hydrogens (tertiary/aromatic N) is 3. The molecule has 0 saturated carbocycles. The van der Waals surface area contributed by atoms with Crippen LogP contribution < -0.4 is 10.6 Å². The second-order valence-electron chi connectivity index (χ2n) is 6.42. The van der Waals surface area contributed by atoms with E-state index in [1.807, 2.05) is 30.3 Å². The molecule has 27 heavy (non-hydrogen) atoms. The number of ether oxygens (including phenoxy) is 1. The molecule has 3 rings (SSSR count). The Hall–Kier alpha value is -3.03. The van der Waals surface area contributed by atoms with E-state index >= 15 is 0 Å². The first-order valence-electron chi connectivity index (χ1n) is 9.20. The molecule has 2 N–H and O–H groups in total. The van der Waals surface area contributed by atoms with E-state index in [0.29, 0.717) is 44.9 Å². The Balaban J connectivity index is 1.48. The van der Waals surface area contributed by atoms with Gasteiger partial charge in [0.2, 0.25) is 0 Å². The molecule has 1 aliphatic heterocycles. The SMILES string of the molecule is CCOC(=O)N1CCC(NC(=O)Nc2ccnn2Cc2ccccc2)CC1. The Labute approximate surface area is 158 Å². The maximum atomic E-state index is 12.3. The maximum Gasteiger partial charge on any atom is 0.409 e. The number of benzene rings is 1. The summed E-state index contributed by atoms with van der Waals surface area (Å²) < 4.78 is 6.76. The number of likely N-dealkylation sites (tertiary alicyclic amines) is 1. The van der Waals surface area contributed by atoms with Crippen molar-refractivity contribution in [1.29, 1.82) is 0 Å². The first-order chi connectivity index (χ1) is 13.2. The lowest BCUT2D eigenvalue weighted by Crippen LogP contribution is -2.47. The molecule has 1 aromatic carbocycles. The third kappa shape index (κ3) is 5.22. The summed E-state index contributed by atoms with van der Waals surface area (Å²) in [6.07, 6.45) is 2.78. The Kier molecular flexibility index (Phi) is 6.30. The lowest BCUT2D eigenvalue weighted by atomic mass is 10.1. The van der Waals surface area contributed by atoms with Crippen molar-refractivity contribution in [3.8, 4) is 0 Å². The molecule has 0 radical (unpaired) electrons. The van der Waals surface area contributed by atoms with E-state index in [9.17, 15) is 9.59 Å². The Morgan fingerprint density at radius 3 is 2.63 bits per heavy atom. The highest BCUT2D eigenvalue weighted by molar-refractivity contribution is 5.88. The van der Waals surface area contributed by atoms with Crippen LogP contribution in [0.2, 0.25) is 0 Å². The number of hydrogen-bond acceptors (Lipinski definition) is 4. The number of piperidine rings is 1. The van der Waals surface area contributed by atoms with Crippen LogP contribution in [0.25, 0.3) is 0 Å². The minimum Gasteiger partial charge on any atom is -0.450 e. The summed E-state index contributed by atoms with van der Waals surface area (Å²) in [4.78, 5) is 25.7. The van der Waals surface area contributed by atoms with Crippen molar-refractivity contribution in [1.82, 2.24) is 20.0 Å². The van der Waals surface area contributed by atoms with Gasteiger partial charge in [0, 0.05) is 25.2 Å². The van der Waals surface area contributed by atoms with E-state index in [2.05, 4.69) is 15.7 Å². The number of carbonyl (C=O) groups is 2. The second kappa shape index (κ2) is 9.07. The Morgan fingerprint density at radius 1 is 1.19 bits per heavy atom. The first-order valence-corrected chi connectivity index (χ1v) is 9.20. The van der Waals surface area contributed by atoms with Crippen LogP contribution in [-0.4, -0.2) is 52.5 Å². The normalized spacial score (nSPS) is 14.6. The minimum atomic E-state index is -0.287. The highest BCUT2D eigenvalue weighted by atomic mass is 16.6. The van der Waals surface area contributed by atoms with E-state index in [0.717, 1.165) is 5.56 Å². The maximum absolute atomic E-state index is 12.3. The van der Waals surface area contributed by atoms with Gasteiger partial charge in [-0.1, -0.05) is 30.3 Å². The standard InChI is InChI=1S/C19H25N5O3/c1-2-27-19(26)23-12-9-16(10-13-23)21-18(25)22-17-8-11-20-24(17)14-15-6-4-3-5-7-15/h3-8,11,16H,2,9-10,12-14H2,1H3,(H2,21,22,25). The molecule has 0 atom stereocenters. The molecular weight excluding hydrogens is 346 g/mol. The average molecular weight is 371 g/mol. The molecule has 8 nitrogen and oxygen atoms in total. The van der Waals surface area contributed by atoms with E-state index in [-0.39, 0.29) is 18.2 Å². The molecule has 8 heteroatoms. The van der Waals surface area contributed by atoms with Crippen molar-refractivity contribution in [3.05, 3.63) is 48.2 Å². The van der Waals surface area contributed by atoms with E-state index in [4.69, 9.17) is 4.74 Å². The van der Waals surface area contributed by atoms with Crippen LogP contribution in [0, 0.1) is 0 Å². The number of amides is 3. The van der Waals surface area contributed by atoms with E-state index in [1.165, 1.54) is 0 Å². The Morgan fingerprint density at radius 2 is 1.93 bits per heavy atom. The van der Waals surface area contributed by atoms with Gasteiger partial charge in [0.1, 0.15) is 5.82 Å². The molecule has 0 aliphatic carbocycles.